The third-order valence-corrected chi connectivity index (χ3v) is 9.26. The molecule has 0 bridgehead atoms. The number of rotatable bonds is 11. The van der Waals surface area contributed by atoms with Crippen molar-refractivity contribution in [2.24, 2.45) is 17.5 Å². The van der Waals surface area contributed by atoms with Gasteiger partial charge in [0.25, 0.3) is 0 Å². The van der Waals surface area contributed by atoms with E-state index >= 15 is 0 Å². The Bertz CT molecular complexity index is 1850. The highest BCUT2D eigenvalue weighted by atomic mass is 32.2. The van der Waals surface area contributed by atoms with Crippen LogP contribution in [0.25, 0.3) is 28.6 Å². The van der Waals surface area contributed by atoms with Crippen molar-refractivity contribution in [3.8, 4) is 16.9 Å². The molecule has 1 saturated heterocycles. The van der Waals surface area contributed by atoms with Crippen LogP contribution in [-0.4, -0.2) is 66.2 Å². The van der Waals surface area contributed by atoms with E-state index in [9.17, 15) is 27.4 Å². The van der Waals surface area contributed by atoms with Crippen LogP contribution in [0, 0.1) is 11.7 Å². The maximum Gasteiger partial charge on any atom is 0.240 e. The number of aromatic nitrogens is 1. The zero-order valence-corrected chi connectivity index (χ0v) is 24.7. The van der Waals surface area contributed by atoms with Crippen LogP contribution < -0.4 is 26.9 Å². The van der Waals surface area contributed by atoms with Gasteiger partial charge in [-0.2, -0.15) is 4.39 Å². The topological polar surface area (TPSA) is 161 Å². The lowest BCUT2D eigenvalue weighted by Crippen LogP contribution is -2.42. The van der Waals surface area contributed by atoms with Crippen molar-refractivity contribution in [2.45, 2.75) is 24.3 Å². The largest absolute Gasteiger partial charge is 0.507 e. The Morgan fingerprint density at radius 1 is 1.16 bits per heavy atom. The molecule has 0 unspecified atom stereocenters. The number of benzene rings is 2. The summed E-state index contributed by atoms with van der Waals surface area (Å²) in [5.74, 6) is 5.12. The number of hydrazine groups is 1. The van der Waals surface area contributed by atoms with Crippen LogP contribution in [0.1, 0.15) is 24.1 Å². The Labute approximate surface area is 253 Å². The van der Waals surface area contributed by atoms with Gasteiger partial charge in [0.05, 0.1) is 33.8 Å². The van der Waals surface area contributed by atoms with Crippen LogP contribution in [0.5, 0.6) is 5.75 Å². The zero-order chi connectivity index (χ0) is 31.4. The number of phenols is 1. The molecule has 5 rings (SSSR count). The predicted octanol–water partition coefficient (Wildman–Crippen LogP) is 1.32. The minimum absolute atomic E-state index is 0.0181. The van der Waals surface area contributed by atoms with Crippen LogP contribution in [0.2, 0.25) is 0 Å². The highest BCUT2D eigenvalue weighted by Crippen LogP contribution is 2.32. The second-order valence-corrected chi connectivity index (χ2v) is 12.6. The van der Waals surface area contributed by atoms with Gasteiger partial charge in [-0.1, -0.05) is 18.2 Å². The van der Waals surface area contributed by atoms with Crippen LogP contribution >= 0.6 is 0 Å². The predicted molar refractivity (Wildman–Crippen MR) is 163 cm³/mol. The third-order valence-electron chi connectivity index (χ3n) is 7.79. The van der Waals surface area contributed by atoms with E-state index in [2.05, 4.69) is 26.1 Å². The molecule has 44 heavy (non-hydrogen) atoms. The van der Waals surface area contributed by atoms with Crippen molar-refractivity contribution in [3.63, 3.8) is 0 Å². The molecule has 1 fully saturated rings. The second kappa shape index (κ2) is 13.2. The monoisotopic (exact) mass is 624 g/mol. The summed E-state index contributed by atoms with van der Waals surface area (Å²) in [4.78, 5) is 5.20. The molecule has 1 aromatic heterocycles. The number of allylic oxidation sites excluding steroid dienone is 1. The van der Waals surface area contributed by atoms with Crippen molar-refractivity contribution in [1.82, 2.24) is 19.6 Å². The number of phenolic OH excluding ortho intramolecular Hbond substituents is 1. The molecule has 1 aliphatic heterocycles. The molecule has 232 valence electrons. The van der Waals surface area contributed by atoms with Gasteiger partial charge in [0, 0.05) is 36.6 Å². The van der Waals surface area contributed by atoms with E-state index in [1.165, 1.54) is 53.5 Å². The van der Waals surface area contributed by atoms with Crippen LogP contribution in [-0.2, 0) is 16.6 Å². The van der Waals surface area contributed by atoms with Crippen molar-refractivity contribution in [1.29, 1.82) is 0 Å². The molecule has 1 aliphatic carbocycles. The van der Waals surface area contributed by atoms with Gasteiger partial charge in [-0.15, -0.1) is 0 Å². The molecule has 2 aliphatic rings. The lowest BCUT2D eigenvalue weighted by atomic mass is 9.96. The Hall–Kier alpha value is -4.19. The number of aliphatic hydroxyl groups is 1. The first kappa shape index (κ1) is 31.2. The van der Waals surface area contributed by atoms with E-state index in [0.29, 0.717) is 40.5 Å². The van der Waals surface area contributed by atoms with Crippen molar-refractivity contribution >= 4 is 27.5 Å². The van der Waals surface area contributed by atoms with E-state index in [0.717, 1.165) is 25.9 Å². The SMILES string of the molecule is N/C(=C\N(N)CC1CCN(CCNS(=O)(=O)c2ccc(-c3c(O)cccc3F)cc2)CC1)c1c(CO)[nH]c2c1=CC(F)=C=C=2. The molecular weight excluding hydrogens is 590 g/mol. The number of piperidine rings is 1. The van der Waals surface area contributed by atoms with E-state index in [-0.39, 0.29) is 41.0 Å². The minimum Gasteiger partial charge on any atom is -0.507 e. The van der Waals surface area contributed by atoms with Crippen LogP contribution in [0.3, 0.4) is 0 Å². The van der Waals surface area contributed by atoms with Crippen molar-refractivity contribution < 1.29 is 27.4 Å². The fourth-order valence-corrected chi connectivity index (χ4v) is 6.57. The Balaban J connectivity index is 1.10. The normalized spacial score (nSPS) is 15.8. The molecule has 0 saturated carbocycles. The quantitative estimate of drug-likeness (QED) is 0.106. The molecular formula is C31H34F2N6O4S. The summed E-state index contributed by atoms with van der Waals surface area (Å²) in [6.45, 7) is 2.50. The van der Waals surface area contributed by atoms with Gasteiger partial charge in [0.15, 0.2) is 5.83 Å². The number of nitrogens with two attached hydrogens (primary N) is 2. The van der Waals surface area contributed by atoms with E-state index in [1.807, 2.05) is 0 Å². The number of nitrogens with one attached hydrogen (secondary N) is 2. The Morgan fingerprint density at radius 3 is 2.57 bits per heavy atom. The van der Waals surface area contributed by atoms with Gasteiger partial charge in [-0.25, -0.2) is 23.4 Å². The zero-order valence-electron chi connectivity index (χ0n) is 23.9. The molecule has 8 N–H and O–H groups in total. The fraction of sp³-hybridized carbons (Fsp3) is 0.290. The first-order valence-electron chi connectivity index (χ1n) is 14.1. The maximum atomic E-state index is 14.2. The number of nitrogens with zero attached hydrogens (tertiary/aromatic N) is 2. The summed E-state index contributed by atoms with van der Waals surface area (Å²) in [5, 5.41) is 22.2. The summed E-state index contributed by atoms with van der Waals surface area (Å²) >= 11 is 0. The number of H-pyrrole nitrogens is 1. The number of halogens is 2. The smallest absolute Gasteiger partial charge is 0.240 e. The summed E-state index contributed by atoms with van der Waals surface area (Å²) < 4.78 is 56.2. The van der Waals surface area contributed by atoms with Gasteiger partial charge in [0.2, 0.25) is 10.0 Å². The molecule has 2 aromatic carbocycles. The van der Waals surface area contributed by atoms with Crippen molar-refractivity contribution in [2.75, 3.05) is 32.7 Å². The minimum atomic E-state index is -3.78. The van der Waals surface area contributed by atoms with Gasteiger partial charge >= 0.3 is 0 Å². The van der Waals surface area contributed by atoms with Gasteiger partial charge in [0.1, 0.15) is 11.6 Å². The molecule has 0 amide bonds. The lowest BCUT2D eigenvalue weighted by molar-refractivity contribution is 0.163. The average molecular weight is 625 g/mol. The molecule has 0 radical (unpaired) electrons. The molecule has 10 nitrogen and oxygen atoms in total. The number of sulfonamides is 1. The Morgan fingerprint density at radius 2 is 1.89 bits per heavy atom. The van der Waals surface area contributed by atoms with Crippen LogP contribution in [0.15, 0.2) is 65.1 Å². The number of hydrogen-bond acceptors (Lipinski definition) is 8. The van der Waals surface area contributed by atoms with Crippen molar-refractivity contribution in [3.05, 3.63) is 87.9 Å². The molecule has 0 spiro atoms. The molecule has 2 heterocycles. The van der Waals surface area contributed by atoms with Gasteiger partial charge in [-0.3, -0.25) is 0 Å². The number of aliphatic hydroxyl groups excluding tert-OH is 1. The number of likely N-dealkylation sites (tertiary alicyclic amines) is 1. The Kier molecular flexibility index (Phi) is 9.38. The standard InChI is InChI=1S/C31H34F2N6O4S/c32-22-6-9-27-24(16-22)31(28(19-40)37-27)26(34)18-39(35)17-20-10-13-38(14-11-20)15-12-36-44(42,43)23-7-4-21(5-8-23)30-25(33)2-1-3-29(30)41/h1-5,7-8,16,18,20,36-37,40-41H,10-15,17,19,34-35H2/b26-18-. The number of hydrogen-bond donors (Lipinski definition) is 6. The van der Waals surface area contributed by atoms with Gasteiger partial charge in [-0.05, 0) is 79.2 Å². The first-order chi connectivity index (χ1) is 21.1. The average Bonchev–Trinajstić information content (AvgIpc) is 3.36. The van der Waals surface area contributed by atoms with E-state index in [1.54, 1.807) is 6.20 Å². The third kappa shape index (κ3) is 6.96. The summed E-state index contributed by atoms with van der Waals surface area (Å²) in [6.07, 6.45) is 4.56. The van der Waals surface area contributed by atoms with Crippen LogP contribution in [0.4, 0.5) is 8.78 Å². The summed E-state index contributed by atoms with van der Waals surface area (Å²) in [7, 11) is -3.78. The van der Waals surface area contributed by atoms with Gasteiger partial charge < -0.3 is 30.8 Å². The number of aromatic amines is 1. The molecule has 13 heteroatoms. The number of fused-ring (bicyclic) bond motifs is 1. The maximum absolute atomic E-state index is 14.2. The first-order valence-corrected chi connectivity index (χ1v) is 15.6. The highest BCUT2D eigenvalue weighted by molar-refractivity contribution is 7.89. The summed E-state index contributed by atoms with van der Waals surface area (Å²) in [5.41, 5.74) is 12.9. The number of aromatic hydroxyl groups is 1. The fourth-order valence-electron chi connectivity index (χ4n) is 5.55. The summed E-state index contributed by atoms with van der Waals surface area (Å²) in [6, 6.07) is 9.68. The highest BCUT2D eigenvalue weighted by Gasteiger charge is 2.22. The van der Waals surface area contributed by atoms with E-state index in [4.69, 9.17) is 11.6 Å². The molecule has 0 atom stereocenters. The second-order valence-electron chi connectivity index (χ2n) is 10.8. The lowest BCUT2D eigenvalue weighted by Gasteiger charge is -2.33. The van der Waals surface area contributed by atoms with E-state index < -0.39 is 21.7 Å². The molecule has 3 aromatic rings.